The van der Waals surface area contributed by atoms with Gasteiger partial charge in [-0.25, -0.2) is 4.68 Å². The molecule has 0 spiro atoms. The number of ether oxygens (including phenoxy) is 1. The standard InChI is InChI=1S/C18H23N5O3S/c1-22(2)9-8-19-17(24)18(25)20-16-14-10-27-11-15(14)21-23(16)12-4-6-13(26-3)7-5-12/h4-7H,8-11H2,1-3H3,(H,19,24)(H,20,25). The van der Waals surface area contributed by atoms with Crippen LogP contribution in [-0.4, -0.2) is 60.8 Å². The fraction of sp³-hybridized carbons (Fsp3) is 0.389. The maximum Gasteiger partial charge on any atom is 0.314 e. The molecule has 0 bridgehead atoms. The van der Waals surface area contributed by atoms with Crippen LogP contribution in [0.1, 0.15) is 11.3 Å². The second-order valence-electron chi connectivity index (χ2n) is 6.39. The fourth-order valence-electron chi connectivity index (χ4n) is 2.69. The molecule has 2 aromatic rings. The number of aromatic nitrogens is 2. The summed E-state index contributed by atoms with van der Waals surface area (Å²) in [7, 11) is 5.41. The lowest BCUT2D eigenvalue weighted by molar-refractivity contribution is -0.136. The van der Waals surface area contributed by atoms with E-state index in [0.29, 0.717) is 18.9 Å². The molecule has 1 aromatic carbocycles. The Hall–Kier alpha value is -2.52. The molecule has 2 amide bonds. The van der Waals surface area contributed by atoms with E-state index in [0.717, 1.165) is 34.2 Å². The number of carbonyl (C=O) groups excluding carboxylic acids is 2. The van der Waals surface area contributed by atoms with E-state index in [1.807, 2.05) is 43.3 Å². The van der Waals surface area contributed by atoms with Crippen molar-refractivity contribution in [2.75, 3.05) is 39.6 Å². The van der Waals surface area contributed by atoms with Crippen LogP contribution in [0.4, 0.5) is 5.82 Å². The molecule has 8 nitrogen and oxygen atoms in total. The topological polar surface area (TPSA) is 88.5 Å². The van der Waals surface area contributed by atoms with Gasteiger partial charge in [0.05, 0.1) is 18.5 Å². The van der Waals surface area contributed by atoms with E-state index in [1.54, 1.807) is 23.6 Å². The van der Waals surface area contributed by atoms with Crippen LogP contribution in [0.15, 0.2) is 24.3 Å². The third-order valence-corrected chi connectivity index (χ3v) is 5.12. The van der Waals surface area contributed by atoms with E-state index < -0.39 is 11.8 Å². The van der Waals surface area contributed by atoms with Gasteiger partial charge in [-0.3, -0.25) is 9.59 Å². The number of methoxy groups -OCH3 is 1. The number of benzene rings is 1. The lowest BCUT2D eigenvalue weighted by Crippen LogP contribution is -2.39. The molecule has 144 valence electrons. The predicted molar refractivity (Wildman–Crippen MR) is 105 cm³/mol. The van der Waals surface area contributed by atoms with Gasteiger partial charge >= 0.3 is 11.8 Å². The molecule has 2 heterocycles. The maximum atomic E-state index is 12.4. The van der Waals surface area contributed by atoms with E-state index in [1.165, 1.54) is 0 Å². The molecule has 1 aliphatic heterocycles. The Labute approximate surface area is 162 Å². The van der Waals surface area contributed by atoms with Gasteiger partial charge < -0.3 is 20.3 Å². The number of likely N-dealkylation sites (N-methyl/N-ethyl adjacent to an activating group) is 1. The molecular weight excluding hydrogens is 366 g/mol. The molecule has 0 saturated heterocycles. The van der Waals surface area contributed by atoms with Gasteiger partial charge in [0.15, 0.2) is 0 Å². The van der Waals surface area contributed by atoms with E-state index in [9.17, 15) is 9.59 Å². The summed E-state index contributed by atoms with van der Waals surface area (Å²) in [5, 5.41) is 9.99. The lowest BCUT2D eigenvalue weighted by atomic mass is 10.2. The van der Waals surface area contributed by atoms with Gasteiger partial charge in [-0.1, -0.05) is 0 Å². The third-order valence-electron chi connectivity index (χ3n) is 4.15. The molecule has 0 aliphatic carbocycles. The van der Waals surface area contributed by atoms with Gasteiger partial charge in [-0.2, -0.15) is 16.9 Å². The van der Waals surface area contributed by atoms with E-state index in [-0.39, 0.29) is 0 Å². The van der Waals surface area contributed by atoms with Crippen LogP contribution in [0.2, 0.25) is 0 Å². The second kappa shape index (κ2) is 8.45. The smallest absolute Gasteiger partial charge is 0.314 e. The highest BCUT2D eigenvalue weighted by molar-refractivity contribution is 7.98. The number of anilines is 1. The number of fused-ring (bicyclic) bond motifs is 1. The summed E-state index contributed by atoms with van der Waals surface area (Å²) in [5.41, 5.74) is 2.68. The normalized spacial score (nSPS) is 12.7. The third kappa shape index (κ3) is 4.42. The van der Waals surface area contributed by atoms with Crippen molar-refractivity contribution in [3.05, 3.63) is 35.5 Å². The summed E-state index contributed by atoms with van der Waals surface area (Å²) < 4.78 is 6.86. The first-order chi connectivity index (χ1) is 13.0. The molecule has 0 atom stereocenters. The van der Waals surface area contributed by atoms with Crippen LogP contribution < -0.4 is 15.4 Å². The highest BCUT2D eigenvalue weighted by Crippen LogP contribution is 2.36. The Morgan fingerprint density at radius 3 is 2.63 bits per heavy atom. The van der Waals surface area contributed by atoms with Crippen molar-refractivity contribution < 1.29 is 14.3 Å². The highest BCUT2D eigenvalue weighted by atomic mass is 32.2. The molecule has 1 aromatic heterocycles. The number of amides is 2. The van der Waals surface area contributed by atoms with Crippen molar-refractivity contribution in [2.45, 2.75) is 11.5 Å². The van der Waals surface area contributed by atoms with Crippen molar-refractivity contribution in [2.24, 2.45) is 0 Å². The Morgan fingerprint density at radius 1 is 1.22 bits per heavy atom. The summed E-state index contributed by atoms with van der Waals surface area (Å²) in [6.07, 6.45) is 0. The Bertz CT molecular complexity index is 832. The molecule has 0 fully saturated rings. The van der Waals surface area contributed by atoms with Gasteiger partial charge in [-0.15, -0.1) is 0 Å². The molecule has 9 heteroatoms. The maximum absolute atomic E-state index is 12.4. The van der Waals surface area contributed by atoms with Crippen molar-refractivity contribution in [1.29, 1.82) is 0 Å². The first-order valence-corrected chi connectivity index (χ1v) is 9.72. The van der Waals surface area contributed by atoms with Crippen LogP contribution in [0, 0.1) is 0 Å². The van der Waals surface area contributed by atoms with Crippen LogP contribution in [-0.2, 0) is 21.1 Å². The van der Waals surface area contributed by atoms with E-state index >= 15 is 0 Å². The average molecular weight is 389 g/mol. The van der Waals surface area contributed by atoms with Crippen LogP contribution in [0.5, 0.6) is 5.75 Å². The van der Waals surface area contributed by atoms with Crippen LogP contribution >= 0.6 is 11.8 Å². The van der Waals surface area contributed by atoms with Crippen molar-refractivity contribution >= 4 is 29.4 Å². The molecule has 3 rings (SSSR count). The predicted octanol–water partition coefficient (Wildman–Crippen LogP) is 1.24. The minimum absolute atomic E-state index is 0.408. The molecular formula is C18H23N5O3S. The van der Waals surface area contributed by atoms with Gasteiger partial charge in [0.1, 0.15) is 11.6 Å². The largest absolute Gasteiger partial charge is 0.497 e. The summed E-state index contributed by atoms with van der Waals surface area (Å²) in [5.74, 6) is 1.48. The number of nitrogens with one attached hydrogen (secondary N) is 2. The molecule has 2 N–H and O–H groups in total. The number of nitrogens with zero attached hydrogens (tertiary/aromatic N) is 3. The van der Waals surface area contributed by atoms with E-state index in [4.69, 9.17) is 4.74 Å². The molecule has 1 aliphatic rings. The summed E-state index contributed by atoms with van der Waals surface area (Å²) >= 11 is 1.73. The molecule has 27 heavy (non-hydrogen) atoms. The number of carbonyl (C=O) groups is 2. The summed E-state index contributed by atoms with van der Waals surface area (Å²) in [6.45, 7) is 1.07. The number of hydrogen-bond donors (Lipinski definition) is 2. The highest BCUT2D eigenvalue weighted by Gasteiger charge is 2.26. The van der Waals surface area contributed by atoms with Crippen molar-refractivity contribution in [3.8, 4) is 11.4 Å². The zero-order chi connectivity index (χ0) is 19.4. The molecule has 0 unspecified atom stereocenters. The lowest BCUT2D eigenvalue weighted by Gasteiger charge is -2.12. The monoisotopic (exact) mass is 389 g/mol. The van der Waals surface area contributed by atoms with Crippen LogP contribution in [0.3, 0.4) is 0 Å². The van der Waals surface area contributed by atoms with E-state index in [2.05, 4.69) is 15.7 Å². The van der Waals surface area contributed by atoms with Crippen molar-refractivity contribution in [1.82, 2.24) is 20.0 Å². The van der Waals surface area contributed by atoms with Crippen molar-refractivity contribution in [3.63, 3.8) is 0 Å². The first kappa shape index (κ1) is 19.2. The minimum Gasteiger partial charge on any atom is -0.497 e. The Balaban J connectivity index is 1.79. The summed E-state index contributed by atoms with van der Waals surface area (Å²) in [6, 6.07) is 7.38. The van der Waals surface area contributed by atoms with Gasteiger partial charge in [-0.05, 0) is 38.4 Å². The quantitative estimate of drug-likeness (QED) is 0.723. The Morgan fingerprint density at radius 2 is 1.96 bits per heavy atom. The molecule has 0 saturated carbocycles. The van der Waals surface area contributed by atoms with Gasteiger partial charge in [0.2, 0.25) is 0 Å². The zero-order valence-corrected chi connectivity index (χ0v) is 16.4. The zero-order valence-electron chi connectivity index (χ0n) is 15.6. The second-order valence-corrected chi connectivity index (χ2v) is 7.38. The number of thioether (sulfide) groups is 1. The average Bonchev–Trinajstić information content (AvgIpc) is 3.24. The molecule has 0 radical (unpaired) electrons. The van der Waals surface area contributed by atoms with Gasteiger partial charge in [0.25, 0.3) is 0 Å². The fourth-order valence-corrected chi connectivity index (χ4v) is 3.72. The first-order valence-electron chi connectivity index (χ1n) is 8.56. The number of hydrogen-bond acceptors (Lipinski definition) is 6. The SMILES string of the molecule is COc1ccc(-n2nc3c(c2NC(=O)C(=O)NCCN(C)C)CSC3)cc1. The Kier molecular flexibility index (Phi) is 6.02. The summed E-state index contributed by atoms with van der Waals surface area (Å²) in [4.78, 5) is 26.4. The van der Waals surface area contributed by atoms with Gasteiger partial charge in [0, 0.05) is 30.2 Å². The van der Waals surface area contributed by atoms with Crippen LogP contribution in [0.25, 0.3) is 5.69 Å². The minimum atomic E-state index is -0.692. The number of rotatable bonds is 6.